The van der Waals surface area contributed by atoms with E-state index in [-0.39, 0.29) is 5.95 Å². The Morgan fingerprint density at radius 3 is 2.83 bits per heavy atom. The van der Waals surface area contributed by atoms with Crippen molar-refractivity contribution in [3.05, 3.63) is 46.8 Å². The Balaban J connectivity index is 1.91. The number of aryl methyl sites for hydroxylation is 1. The van der Waals surface area contributed by atoms with E-state index in [0.29, 0.717) is 16.5 Å². The highest BCUT2D eigenvalue weighted by Gasteiger charge is 2.29. The number of nitrogens with one attached hydrogen (secondary N) is 1. The molecule has 1 aliphatic heterocycles. The number of carbonyl (C=O) groups excluding carboxylic acids is 1. The number of aliphatic hydroxyl groups excluding tert-OH is 1. The molecule has 9 heteroatoms. The summed E-state index contributed by atoms with van der Waals surface area (Å²) < 4.78 is 0. The molecule has 0 aliphatic carbocycles. The van der Waals surface area contributed by atoms with Crippen molar-refractivity contribution in [2.45, 2.75) is 13.8 Å². The predicted octanol–water partition coefficient (Wildman–Crippen LogP) is 3.22. The van der Waals surface area contributed by atoms with Crippen LogP contribution in [0.15, 0.2) is 45.8 Å². The Bertz CT molecular complexity index is 797. The summed E-state index contributed by atoms with van der Waals surface area (Å²) in [7, 11) is 0. The summed E-state index contributed by atoms with van der Waals surface area (Å²) in [6.07, 6.45) is 0. The van der Waals surface area contributed by atoms with Crippen molar-refractivity contribution in [2.24, 2.45) is 10.2 Å². The van der Waals surface area contributed by atoms with Gasteiger partial charge in [-0.15, -0.1) is 21.6 Å². The summed E-state index contributed by atoms with van der Waals surface area (Å²) in [6, 6.07) is 7.65. The maximum absolute atomic E-state index is 10.8. The zero-order valence-corrected chi connectivity index (χ0v) is 13.2. The van der Waals surface area contributed by atoms with Gasteiger partial charge in [-0.3, -0.25) is 4.79 Å². The number of hydrogen-bond donors (Lipinski definition) is 2. The molecule has 2 heterocycles. The molecule has 118 valence electrons. The third-order valence-electron chi connectivity index (χ3n) is 2.96. The molecule has 0 atom stereocenters. The van der Waals surface area contributed by atoms with Crippen LogP contribution in [0.4, 0.5) is 10.8 Å². The van der Waals surface area contributed by atoms with Crippen LogP contribution in [0.25, 0.3) is 5.70 Å². The number of rotatable bonds is 3. The first kappa shape index (κ1) is 15.1. The Hall–Kier alpha value is -2.78. The zero-order chi connectivity index (χ0) is 16.4. The lowest BCUT2D eigenvalue weighted by atomic mass is 10.2. The first-order valence-electron chi connectivity index (χ1n) is 6.65. The molecule has 0 bridgehead atoms. The summed E-state index contributed by atoms with van der Waals surface area (Å²) in [5, 5.41) is 20.7. The molecule has 2 N–H and O–H groups in total. The van der Waals surface area contributed by atoms with Gasteiger partial charge < -0.3 is 9.94 Å². The number of amides is 1. The smallest absolute Gasteiger partial charge is 0.327 e. The highest BCUT2D eigenvalue weighted by Crippen LogP contribution is 2.33. The van der Waals surface area contributed by atoms with Gasteiger partial charge in [0.25, 0.3) is 5.91 Å². The Labute approximate surface area is 135 Å². The van der Waals surface area contributed by atoms with E-state index in [1.54, 1.807) is 10.4 Å². The second-order valence-electron chi connectivity index (χ2n) is 4.75. The summed E-state index contributed by atoms with van der Waals surface area (Å²) in [5.41, 5.74) is 5.31. The van der Waals surface area contributed by atoms with E-state index in [9.17, 15) is 9.90 Å². The van der Waals surface area contributed by atoms with Crippen LogP contribution in [-0.4, -0.2) is 16.0 Å². The average molecular weight is 331 g/mol. The normalized spacial score (nSPS) is 14.6. The molecule has 0 radical (unpaired) electrons. The third-order valence-corrected chi connectivity index (χ3v) is 3.69. The molecular weight excluding hydrogens is 318 g/mol. The number of hydrogen-bond acceptors (Lipinski definition) is 8. The van der Waals surface area contributed by atoms with E-state index in [1.807, 2.05) is 31.2 Å². The first-order valence-corrected chi connectivity index (χ1v) is 7.53. The third kappa shape index (κ3) is 3.20. The standard InChI is InChI=1S/C14H13N5O3S/c1-8-3-5-10(6-4-8)19-12(13(21)22-18-19)11-7-23-14(15-11)17-16-9(2)20/h3-7,18,21H,1-2H3. The van der Waals surface area contributed by atoms with Gasteiger partial charge in [-0.05, 0) is 19.1 Å². The molecule has 1 amide bonds. The molecule has 8 nitrogen and oxygen atoms in total. The fourth-order valence-electron chi connectivity index (χ4n) is 1.91. The van der Waals surface area contributed by atoms with Gasteiger partial charge in [-0.25, -0.2) is 9.99 Å². The molecule has 0 spiro atoms. The van der Waals surface area contributed by atoms with E-state index >= 15 is 0 Å². The van der Waals surface area contributed by atoms with Crippen molar-refractivity contribution in [1.29, 1.82) is 0 Å². The van der Waals surface area contributed by atoms with Gasteiger partial charge in [0, 0.05) is 12.3 Å². The second kappa shape index (κ2) is 6.15. The van der Waals surface area contributed by atoms with E-state index in [1.165, 1.54) is 18.3 Å². The Morgan fingerprint density at radius 2 is 2.13 bits per heavy atom. The van der Waals surface area contributed by atoms with Gasteiger partial charge in [-0.2, -0.15) is 0 Å². The average Bonchev–Trinajstić information content (AvgIpc) is 3.12. The van der Waals surface area contributed by atoms with Crippen molar-refractivity contribution in [1.82, 2.24) is 10.6 Å². The molecule has 23 heavy (non-hydrogen) atoms. The number of hydrazine groups is 1. The summed E-state index contributed by atoms with van der Waals surface area (Å²) in [4.78, 5) is 20.1. The molecule has 0 fully saturated rings. The van der Waals surface area contributed by atoms with Gasteiger partial charge in [0.1, 0.15) is 5.69 Å². The number of benzene rings is 1. The maximum atomic E-state index is 10.8. The van der Waals surface area contributed by atoms with Crippen LogP contribution in [-0.2, 0) is 9.63 Å². The number of thiazole rings is 1. The Morgan fingerprint density at radius 1 is 1.39 bits per heavy atom. The monoisotopic (exact) mass is 331 g/mol. The van der Waals surface area contributed by atoms with Crippen molar-refractivity contribution in [3.8, 4) is 0 Å². The van der Waals surface area contributed by atoms with Crippen molar-refractivity contribution < 1.29 is 14.7 Å². The molecule has 0 saturated carbocycles. The minimum atomic E-state index is -0.407. The SMILES string of the molecule is CC(=O)N=Nc1nc(C2=C(O)ONN2c2ccc(C)cc2)cs1. The van der Waals surface area contributed by atoms with Crippen LogP contribution < -0.4 is 10.6 Å². The van der Waals surface area contributed by atoms with Crippen LogP contribution in [0.1, 0.15) is 18.2 Å². The molecular formula is C14H13N5O3S. The molecule has 3 rings (SSSR count). The minimum Gasteiger partial charge on any atom is -0.478 e. The molecule has 1 aliphatic rings. The van der Waals surface area contributed by atoms with Crippen molar-refractivity contribution in [3.63, 3.8) is 0 Å². The number of carbonyl (C=O) groups is 1. The fraction of sp³-hybridized carbons (Fsp3) is 0.143. The highest BCUT2D eigenvalue weighted by atomic mass is 32.1. The molecule has 1 aromatic heterocycles. The van der Waals surface area contributed by atoms with E-state index in [2.05, 4.69) is 20.8 Å². The summed E-state index contributed by atoms with van der Waals surface area (Å²) >= 11 is 1.20. The predicted molar refractivity (Wildman–Crippen MR) is 84.7 cm³/mol. The second-order valence-corrected chi connectivity index (χ2v) is 5.59. The van der Waals surface area contributed by atoms with Crippen LogP contribution in [0.2, 0.25) is 0 Å². The lowest BCUT2D eigenvalue weighted by molar-refractivity contribution is -0.116. The fourth-order valence-corrected chi connectivity index (χ4v) is 2.53. The van der Waals surface area contributed by atoms with Crippen LogP contribution in [0, 0.1) is 6.92 Å². The number of aliphatic hydroxyl groups is 1. The molecule has 0 unspecified atom stereocenters. The van der Waals surface area contributed by atoms with Crippen molar-refractivity contribution >= 4 is 33.8 Å². The molecule has 0 saturated heterocycles. The number of anilines is 1. The highest BCUT2D eigenvalue weighted by molar-refractivity contribution is 7.13. The Kier molecular flexibility index (Phi) is 4.04. The van der Waals surface area contributed by atoms with Gasteiger partial charge >= 0.3 is 5.95 Å². The first-order chi connectivity index (χ1) is 11.0. The lowest BCUT2D eigenvalue weighted by Gasteiger charge is -2.17. The number of azo groups is 1. The van der Waals surface area contributed by atoms with Crippen LogP contribution in [0.3, 0.4) is 0 Å². The van der Waals surface area contributed by atoms with Gasteiger partial charge in [0.15, 0.2) is 5.70 Å². The molecule has 2 aromatic rings. The summed E-state index contributed by atoms with van der Waals surface area (Å²) in [6.45, 7) is 3.29. The van der Waals surface area contributed by atoms with E-state index < -0.39 is 5.91 Å². The van der Waals surface area contributed by atoms with Crippen LogP contribution >= 0.6 is 11.3 Å². The lowest BCUT2D eigenvalue weighted by Crippen LogP contribution is -2.30. The number of aromatic nitrogens is 1. The number of nitrogens with zero attached hydrogens (tertiary/aromatic N) is 4. The van der Waals surface area contributed by atoms with Gasteiger partial charge in [0.05, 0.1) is 5.69 Å². The minimum absolute atomic E-state index is 0.300. The zero-order valence-electron chi connectivity index (χ0n) is 12.3. The van der Waals surface area contributed by atoms with Crippen LogP contribution in [0.5, 0.6) is 0 Å². The summed E-state index contributed by atoms with van der Waals surface area (Å²) in [5.74, 6) is -0.707. The van der Waals surface area contributed by atoms with Gasteiger partial charge in [-0.1, -0.05) is 23.3 Å². The maximum Gasteiger partial charge on any atom is 0.327 e. The quantitative estimate of drug-likeness (QED) is 0.838. The van der Waals surface area contributed by atoms with E-state index in [0.717, 1.165) is 11.3 Å². The van der Waals surface area contributed by atoms with E-state index in [4.69, 9.17) is 4.84 Å². The molecule has 1 aromatic carbocycles. The van der Waals surface area contributed by atoms with Gasteiger partial charge in [0.2, 0.25) is 5.13 Å². The largest absolute Gasteiger partial charge is 0.478 e. The van der Waals surface area contributed by atoms with Crippen molar-refractivity contribution in [2.75, 3.05) is 5.01 Å². The topological polar surface area (TPSA) is 99.4 Å².